The van der Waals surface area contributed by atoms with Gasteiger partial charge in [-0.2, -0.15) is 0 Å². The first kappa shape index (κ1) is 13.0. The number of aromatic nitrogens is 1. The topological polar surface area (TPSA) is 45.1 Å². The van der Waals surface area contributed by atoms with Gasteiger partial charge < -0.3 is 10.4 Å². The Bertz CT molecular complexity index is 526. The highest BCUT2D eigenvalue weighted by atomic mass is 16.3. The lowest BCUT2D eigenvalue weighted by Gasteiger charge is -2.23. The Morgan fingerprint density at radius 1 is 1.22 bits per heavy atom. The molecule has 0 bridgehead atoms. The number of nitrogens with one attached hydrogen (secondary N) is 1. The molecule has 0 radical (unpaired) electrons. The largest absolute Gasteiger partial charge is 0.387 e. The molecule has 1 aromatic heterocycles. The number of hydrogen-bond acceptors (Lipinski definition) is 3. The van der Waals surface area contributed by atoms with E-state index < -0.39 is 6.10 Å². The summed E-state index contributed by atoms with van der Waals surface area (Å²) >= 11 is 0. The van der Waals surface area contributed by atoms with Gasteiger partial charge in [0.25, 0.3) is 0 Å². The molecule has 0 saturated heterocycles. The van der Waals surface area contributed by atoms with Crippen molar-refractivity contribution in [1.29, 1.82) is 0 Å². The average Bonchev–Trinajstić information content (AvgIpc) is 2.34. The fourth-order valence-corrected chi connectivity index (χ4v) is 1.91. The zero-order chi connectivity index (χ0) is 13.2. The van der Waals surface area contributed by atoms with Crippen molar-refractivity contribution in [2.75, 3.05) is 6.54 Å². The minimum atomic E-state index is -0.539. The third kappa shape index (κ3) is 3.06. The quantitative estimate of drug-likeness (QED) is 0.872. The maximum Gasteiger partial charge on any atom is 0.0935 e. The van der Waals surface area contributed by atoms with Crippen LogP contribution >= 0.6 is 0 Å². The molecule has 0 aliphatic carbocycles. The van der Waals surface area contributed by atoms with E-state index in [1.54, 1.807) is 6.20 Å². The van der Waals surface area contributed by atoms with Crippen LogP contribution in [-0.4, -0.2) is 22.2 Å². The van der Waals surface area contributed by atoms with Crippen LogP contribution in [0.5, 0.6) is 0 Å². The highest BCUT2D eigenvalue weighted by Gasteiger charge is 2.15. The van der Waals surface area contributed by atoms with Crippen LogP contribution in [0.2, 0.25) is 0 Å². The maximum atomic E-state index is 10.3. The summed E-state index contributed by atoms with van der Waals surface area (Å²) in [5, 5.41) is 14.6. The van der Waals surface area contributed by atoms with Gasteiger partial charge in [-0.15, -0.1) is 0 Å². The van der Waals surface area contributed by atoms with E-state index in [4.69, 9.17) is 0 Å². The van der Waals surface area contributed by atoms with Gasteiger partial charge in [0.05, 0.1) is 11.6 Å². The number of rotatable bonds is 3. The van der Waals surface area contributed by atoms with E-state index in [0.29, 0.717) is 6.54 Å². The van der Waals surface area contributed by atoms with Crippen LogP contribution in [0, 0.1) is 0 Å². The number of aliphatic hydroxyl groups excluding tert-OH is 1. The Morgan fingerprint density at radius 2 is 1.94 bits per heavy atom. The molecule has 2 rings (SSSR count). The fraction of sp³-hybridized carbons (Fsp3) is 0.400. The van der Waals surface area contributed by atoms with Crippen molar-refractivity contribution in [3.05, 3.63) is 42.1 Å². The van der Waals surface area contributed by atoms with Gasteiger partial charge in [0.15, 0.2) is 0 Å². The zero-order valence-electron chi connectivity index (χ0n) is 11.1. The van der Waals surface area contributed by atoms with Gasteiger partial charge in [-0.25, -0.2) is 0 Å². The monoisotopic (exact) mass is 244 g/mol. The maximum absolute atomic E-state index is 10.3. The average molecular weight is 244 g/mol. The lowest BCUT2D eigenvalue weighted by atomic mass is 10.0. The van der Waals surface area contributed by atoms with Gasteiger partial charge in [-0.05, 0) is 26.8 Å². The van der Waals surface area contributed by atoms with Gasteiger partial charge in [0.2, 0.25) is 0 Å². The van der Waals surface area contributed by atoms with Crippen molar-refractivity contribution in [3.8, 4) is 0 Å². The molecule has 3 heteroatoms. The highest BCUT2D eigenvalue weighted by Crippen LogP contribution is 2.22. The second kappa shape index (κ2) is 5.04. The lowest BCUT2D eigenvalue weighted by molar-refractivity contribution is 0.164. The predicted octanol–water partition coefficient (Wildman–Crippen LogP) is 2.66. The first-order valence-corrected chi connectivity index (χ1v) is 6.24. The van der Waals surface area contributed by atoms with E-state index in [2.05, 4.69) is 31.1 Å². The Kier molecular flexibility index (Phi) is 3.64. The molecule has 1 aromatic carbocycles. The first-order valence-electron chi connectivity index (χ1n) is 6.24. The third-order valence-electron chi connectivity index (χ3n) is 2.85. The van der Waals surface area contributed by atoms with Crippen molar-refractivity contribution < 1.29 is 5.11 Å². The first-order chi connectivity index (χ1) is 8.47. The van der Waals surface area contributed by atoms with E-state index >= 15 is 0 Å². The van der Waals surface area contributed by atoms with Gasteiger partial charge in [0.1, 0.15) is 0 Å². The second-order valence-electron chi connectivity index (χ2n) is 5.57. The molecular weight excluding hydrogens is 224 g/mol. The number of aliphatic hydroxyl groups is 1. The van der Waals surface area contributed by atoms with Crippen molar-refractivity contribution in [1.82, 2.24) is 10.3 Å². The van der Waals surface area contributed by atoms with Crippen LogP contribution in [0.25, 0.3) is 10.9 Å². The molecule has 0 unspecified atom stereocenters. The molecule has 3 nitrogen and oxygen atoms in total. The molecule has 0 fully saturated rings. The molecular formula is C15H20N2O. The summed E-state index contributed by atoms with van der Waals surface area (Å²) in [5.74, 6) is 0. The number of β-amino-alcohol motifs (C(OH)–C–C–N with tert-alkyl or cyclic N) is 1. The van der Waals surface area contributed by atoms with Crippen LogP contribution in [-0.2, 0) is 0 Å². The van der Waals surface area contributed by atoms with Crippen LogP contribution in [0.4, 0.5) is 0 Å². The predicted molar refractivity (Wildman–Crippen MR) is 74.5 cm³/mol. The van der Waals surface area contributed by atoms with E-state index in [-0.39, 0.29) is 5.54 Å². The second-order valence-corrected chi connectivity index (χ2v) is 5.57. The lowest BCUT2D eigenvalue weighted by Crippen LogP contribution is -2.38. The SMILES string of the molecule is CC(C)(C)NC[C@@H](O)c1cccc2cccnc12. The summed E-state index contributed by atoms with van der Waals surface area (Å²) < 4.78 is 0. The molecule has 1 heterocycles. The number of hydrogen-bond donors (Lipinski definition) is 2. The van der Waals surface area contributed by atoms with Crippen molar-refractivity contribution in [2.45, 2.75) is 32.4 Å². The van der Waals surface area contributed by atoms with Gasteiger partial charge in [0, 0.05) is 29.2 Å². The summed E-state index contributed by atoms with van der Waals surface area (Å²) in [7, 11) is 0. The number of pyridine rings is 1. The third-order valence-corrected chi connectivity index (χ3v) is 2.85. The molecule has 0 aliphatic rings. The minimum absolute atomic E-state index is 0.001000. The minimum Gasteiger partial charge on any atom is -0.387 e. The number of nitrogens with zero attached hydrogens (tertiary/aromatic N) is 1. The summed E-state index contributed by atoms with van der Waals surface area (Å²) in [6.45, 7) is 6.78. The summed E-state index contributed by atoms with van der Waals surface area (Å²) in [6, 6.07) is 9.82. The summed E-state index contributed by atoms with van der Waals surface area (Å²) in [5.41, 5.74) is 1.76. The number of para-hydroxylation sites is 1. The molecule has 0 saturated carbocycles. The Hall–Kier alpha value is -1.45. The summed E-state index contributed by atoms with van der Waals surface area (Å²) in [6.07, 6.45) is 1.22. The van der Waals surface area contributed by atoms with Crippen molar-refractivity contribution in [3.63, 3.8) is 0 Å². The number of benzene rings is 1. The van der Waals surface area contributed by atoms with Crippen molar-refractivity contribution in [2.24, 2.45) is 0 Å². The van der Waals surface area contributed by atoms with E-state index in [1.165, 1.54) is 0 Å². The molecule has 2 N–H and O–H groups in total. The summed E-state index contributed by atoms with van der Waals surface area (Å²) in [4.78, 5) is 4.36. The highest BCUT2D eigenvalue weighted by molar-refractivity contribution is 5.81. The van der Waals surface area contributed by atoms with E-state index in [1.807, 2.05) is 30.3 Å². The van der Waals surface area contributed by atoms with Crippen LogP contribution in [0.1, 0.15) is 32.4 Å². The van der Waals surface area contributed by atoms with Crippen LogP contribution in [0.3, 0.4) is 0 Å². The molecule has 96 valence electrons. The standard InChI is InChI=1S/C15H20N2O/c1-15(2,3)17-10-13(18)12-8-4-6-11-7-5-9-16-14(11)12/h4-9,13,17-18H,10H2,1-3H3/t13-/m1/s1. The van der Waals surface area contributed by atoms with Gasteiger partial charge in [-0.1, -0.05) is 24.3 Å². The van der Waals surface area contributed by atoms with Crippen LogP contribution in [0.15, 0.2) is 36.5 Å². The fourth-order valence-electron chi connectivity index (χ4n) is 1.91. The zero-order valence-corrected chi connectivity index (χ0v) is 11.1. The molecule has 0 aliphatic heterocycles. The van der Waals surface area contributed by atoms with Crippen LogP contribution < -0.4 is 5.32 Å². The Labute approximate surface area is 108 Å². The molecule has 2 aromatic rings. The molecule has 0 spiro atoms. The molecule has 0 amide bonds. The molecule has 18 heavy (non-hydrogen) atoms. The van der Waals surface area contributed by atoms with E-state index in [9.17, 15) is 5.11 Å². The number of fused-ring (bicyclic) bond motifs is 1. The molecule has 1 atom stereocenters. The Morgan fingerprint density at radius 3 is 2.67 bits per heavy atom. The van der Waals surface area contributed by atoms with Gasteiger partial charge >= 0.3 is 0 Å². The Balaban J connectivity index is 2.25. The van der Waals surface area contributed by atoms with Gasteiger partial charge in [-0.3, -0.25) is 4.98 Å². The smallest absolute Gasteiger partial charge is 0.0935 e. The van der Waals surface area contributed by atoms with Crippen molar-refractivity contribution >= 4 is 10.9 Å². The normalized spacial score (nSPS) is 13.8. The van der Waals surface area contributed by atoms with E-state index in [0.717, 1.165) is 16.5 Å².